The first-order chi connectivity index (χ1) is 15.2. The summed E-state index contributed by atoms with van der Waals surface area (Å²) < 4.78 is 27.6. The molecule has 5 nitrogen and oxygen atoms in total. The summed E-state index contributed by atoms with van der Waals surface area (Å²) in [6.07, 6.45) is 6.20. The van der Waals surface area contributed by atoms with Gasteiger partial charge in [-0.15, -0.1) is 6.58 Å². The molecule has 0 radical (unpaired) electrons. The zero-order valence-electron chi connectivity index (χ0n) is 18.9. The van der Waals surface area contributed by atoms with E-state index in [2.05, 4.69) is 31.7 Å². The second-order valence-corrected chi connectivity index (χ2v) is 7.95. The molecule has 0 spiro atoms. The van der Waals surface area contributed by atoms with Gasteiger partial charge in [0.2, 0.25) is 0 Å². The highest BCUT2D eigenvalue weighted by Gasteiger charge is 2.45. The number of hydrogen-bond acceptors (Lipinski definition) is 5. The Bertz CT molecular complexity index is 832. The molecule has 168 valence electrons. The van der Waals surface area contributed by atoms with Gasteiger partial charge in [0.1, 0.15) is 17.2 Å². The van der Waals surface area contributed by atoms with Crippen molar-refractivity contribution in [2.75, 3.05) is 34.4 Å². The van der Waals surface area contributed by atoms with E-state index in [-0.39, 0.29) is 24.9 Å². The Kier molecular flexibility index (Phi) is 8.38. The number of benzene rings is 2. The van der Waals surface area contributed by atoms with E-state index in [1.165, 1.54) is 11.1 Å². The highest BCUT2D eigenvalue weighted by molar-refractivity contribution is 5.49. The molecule has 2 aromatic rings. The number of allylic oxidation sites excluding steroid dienone is 1. The third-order valence-electron chi connectivity index (χ3n) is 6.01. The van der Waals surface area contributed by atoms with Crippen LogP contribution in [0.4, 0.5) is 0 Å². The lowest BCUT2D eigenvalue weighted by molar-refractivity contribution is 0.0504. The topological polar surface area (TPSA) is 46.2 Å². The van der Waals surface area contributed by atoms with Gasteiger partial charge in [-0.25, -0.2) is 0 Å². The third kappa shape index (κ3) is 5.23. The van der Waals surface area contributed by atoms with Gasteiger partial charge in [-0.1, -0.05) is 44.0 Å². The summed E-state index contributed by atoms with van der Waals surface area (Å²) in [5.74, 6) is 2.70. The van der Waals surface area contributed by atoms with Crippen LogP contribution in [0.3, 0.4) is 0 Å². The largest absolute Gasteiger partial charge is 0.492 e. The number of hydrogen-bond donors (Lipinski definition) is 0. The fourth-order valence-electron chi connectivity index (χ4n) is 4.45. The third-order valence-corrected chi connectivity index (χ3v) is 6.01. The monoisotopic (exact) mass is 426 g/mol. The Labute approximate surface area is 185 Å². The molecule has 1 heterocycles. The fourth-order valence-corrected chi connectivity index (χ4v) is 4.45. The molecule has 2 aromatic carbocycles. The summed E-state index contributed by atoms with van der Waals surface area (Å²) in [6.45, 7) is 7.36. The summed E-state index contributed by atoms with van der Waals surface area (Å²) in [4.78, 5) is 0. The number of ether oxygens (including phenoxy) is 5. The van der Waals surface area contributed by atoms with E-state index < -0.39 is 0 Å². The van der Waals surface area contributed by atoms with Crippen LogP contribution in [0.1, 0.15) is 49.7 Å². The maximum absolute atomic E-state index is 6.38. The molecule has 0 amide bonds. The normalized spacial score (nSPS) is 19.9. The summed E-state index contributed by atoms with van der Waals surface area (Å²) in [5.41, 5.74) is 2.33. The molecule has 31 heavy (non-hydrogen) atoms. The van der Waals surface area contributed by atoms with Crippen LogP contribution in [0, 0.1) is 0 Å². The van der Waals surface area contributed by atoms with E-state index in [0.29, 0.717) is 6.61 Å². The van der Waals surface area contributed by atoms with Crippen molar-refractivity contribution in [2.24, 2.45) is 0 Å². The first-order valence-corrected chi connectivity index (χ1v) is 10.9. The van der Waals surface area contributed by atoms with Gasteiger partial charge in [0.05, 0.1) is 6.61 Å². The molecule has 1 aliphatic rings. The second kappa shape index (κ2) is 11.2. The summed E-state index contributed by atoms with van der Waals surface area (Å²) in [5, 5.41) is 0. The van der Waals surface area contributed by atoms with Crippen LogP contribution < -0.4 is 14.2 Å². The van der Waals surface area contributed by atoms with Crippen molar-refractivity contribution >= 4 is 0 Å². The Morgan fingerprint density at radius 2 is 1.71 bits per heavy atom. The molecule has 0 bridgehead atoms. The minimum Gasteiger partial charge on any atom is -0.492 e. The zero-order valence-corrected chi connectivity index (χ0v) is 18.9. The molecule has 0 saturated heterocycles. The van der Waals surface area contributed by atoms with E-state index in [1.54, 1.807) is 14.2 Å². The van der Waals surface area contributed by atoms with E-state index in [9.17, 15) is 0 Å². The van der Waals surface area contributed by atoms with Crippen molar-refractivity contribution < 1.29 is 23.7 Å². The van der Waals surface area contributed by atoms with E-state index >= 15 is 0 Å². The molecule has 0 saturated carbocycles. The smallest absolute Gasteiger partial charge is 0.188 e. The van der Waals surface area contributed by atoms with Gasteiger partial charge in [-0.05, 0) is 42.2 Å². The number of methoxy groups -OCH3 is 2. The van der Waals surface area contributed by atoms with Crippen LogP contribution >= 0.6 is 0 Å². The van der Waals surface area contributed by atoms with Crippen LogP contribution in [0.25, 0.3) is 0 Å². The van der Waals surface area contributed by atoms with Gasteiger partial charge in [0, 0.05) is 31.6 Å². The van der Waals surface area contributed by atoms with Gasteiger partial charge in [0.15, 0.2) is 13.6 Å². The van der Waals surface area contributed by atoms with Gasteiger partial charge in [0.25, 0.3) is 0 Å². The maximum Gasteiger partial charge on any atom is 0.188 e. The maximum atomic E-state index is 6.38. The van der Waals surface area contributed by atoms with Gasteiger partial charge < -0.3 is 23.7 Å². The summed E-state index contributed by atoms with van der Waals surface area (Å²) in [7, 11) is 3.24. The van der Waals surface area contributed by atoms with Crippen molar-refractivity contribution in [1.82, 2.24) is 0 Å². The van der Waals surface area contributed by atoms with Crippen molar-refractivity contribution in [3.63, 3.8) is 0 Å². The lowest BCUT2D eigenvalue weighted by Crippen LogP contribution is -2.43. The van der Waals surface area contributed by atoms with E-state index in [4.69, 9.17) is 23.7 Å². The predicted molar refractivity (Wildman–Crippen MR) is 122 cm³/mol. The average molecular weight is 427 g/mol. The second-order valence-electron chi connectivity index (χ2n) is 7.95. The van der Waals surface area contributed by atoms with E-state index in [1.807, 2.05) is 30.3 Å². The molecule has 0 aliphatic carbocycles. The van der Waals surface area contributed by atoms with Gasteiger partial charge in [-0.2, -0.15) is 0 Å². The molecular formula is C26H34O5. The molecule has 0 N–H and O–H groups in total. The molecular weight excluding hydrogens is 392 g/mol. The Morgan fingerprint density at radius 1 is 1.03 bits per heavy atom. The highest BCUT2D eigenvalue weighted by Crippen LogP contribution is 2.52. The molecule has 2 atom stereocenters. The van der Waals surface area contributed by atoms with Crippen molar-refractivity contribution in [3.8, 4) is 17.2 Å². The molecule has 0 fully saturated rings. The Balaban J connectivity index is 1.99. The van der Waals surface area contributed by atoms with Gasteiger partial charge >= 0.3 is 0 Å². The Morgan fingerprint density at radius 3 is 2.35 bits per heavy atom. The summed E-state index contributed by atoms with van der Waals surface area (Å²) in [6, 6.07) is 14.5. The van der Waals surface area contributed by atoms with Crippen LogP contribution in [0.5, 0.6) is 17.2 Å². The minimum atomic E-state index is -0.133. The van der Waals surface area contributed by atoms with Crippen molar-refractivity contribution in [3.05, 3.63) is 66.2 Å². The van der Waals surface area contributed by atoms with Crippen LogP contribution in [-0.2, 0) is 14.9 Å². The SMILES string of the molecule is C=CC[C@@H]1c2ccc(OCOC)cc2OC[C@]1(CCCC)c1ccc(OCOC)cc1. The first kappa shape index (κ1) is 23.2. The molecule has 0 aromatic heterocycles. The van der Waals surface area contributed by atoms with Crippen LogP contribution in [0.15, 0.2) is 55.1 Å². The lowest BCUT2D eigenvalue weighted by Gasteiger charge is -2.45. The molecule has 3 rings (SSSR count). The summed E-state index contributed by atoms with van der Waals surface area (Å²) >= 11 is 0. The fraction of sp³-hybridized carbons (Fsp3) is 0.462. The average Bonchev–Trinajstić information content (AvgIpc) is 2.81. The van der Waals surface area contributed by atoms with Crippen molar-refractivity contribution in [1.29, 1.82) is 0 Å². The molecule has 0 unspecified atom stereocenters. The lowest BCUT2D eigenvalue weighted by atomic mass is 9.63. The number of unbranched alkanes of at least 4 members (excludes halogenated alkanes) is 1. The number of rotatable bonds is 12. The van der Waals surface area contributed by atoms with Gasteiger partial charge in [-0.3, -0.25) is 0 Å². The first-order valence-electron chi connectivity index (χ1n) is 10.9. The quantitative estimate of drug-likeness (QED) is 0.315. The zero-order chi connectivity index (χ0) is 22.1. The highest BCUT2D eigenvalue weighted by atomic mass is 16.7. The minimum absolute atomic E-state index is 0.133. The van der Waals surface area contributed by atoms with E-state index in [0.717, 1.165) is 42.9 Å². The molecule has 1 aliphatic heterocycles. The van der Waals surface area contributed by atoms with Crippen LogP contribution in [0.2, 0.25) is 0 Å². The van der Waals surface area contributed by atoms with Crippen molar-refractivity contribution in [2.45, 2.75) is 43.9 Å². The number of fused-ring (bicyclic) bond motifs is 1. The van der Waals surface area contributed by atoms with Crippen LogP contribution in [-0.4, -0.2) is 34.4 Å². The predicted octanol–water partition coefficient (Wildman–Crippen LogP) is 5.83. The standard InChI is InChI=1S/C26H34O5/c1-5-7-15-26(20-9-11-21(12-10-20)30-18-27-3)17-29-25-16-22(31-19-28-4)13-14-23(25)24(26)8-6-2/h6,9-14,16,24H,2,5,7-8,15,17-19H2,1,3-4H3/t24-,26-/m1/s1. The molecule has 5 heteroatoms. The Hall–Kier alpha value is -2.50.